The van der Waals surface area contributed by atoms with E-state index in [2.05, 4.69) is 10.5 Å². The van der Waals surface area contributed by atoms with Crippen LogP contribution in [0.5, 0.6) is 0 Å². The van der Waals surface area contributed by atoms with Crippen molar-refractivity contribution in [1.29, 1.82) is 0 Å². The summed E-state index contributed by atoms with van der Waals surface area (Å²) in [6, 6.07) is 8.50. The fourth-order valence-electron chi connectivity index (χ4n) is 2.77. The molecule has 1 amide bonds. The molecule has 1 aliphatic rings. The Kier molecular flexibility index (Phi) is 4.34. The van der Waals surface area contributed by atoms with Crippen LogP contribution in [-0.2, 0) is 4.79 Å². The summed E-state index contributed by atoms with van der Waals surface area (Å²) < 4.78 is 5.19. The third kappa shape index (κ3) is 3.37. The molecule has 1 aliphatic carbocycles. The van der Waals surface area contributed by atoms with Crippen LogP contribution in [0, 0.1) is 5.92 Å². The molecule has 0 unspecified atom stereocenters. The molecule has 0 bridgehead atoms. The number of aromatic nitrogens is 1. The molecule has 3 rings (SSSR count). The molecular weight excluding hydrogens is 320 g/mol. The van der Waals surface area contributed by atoms with E-state index in [1.807, 2.05) is 6.07 Å². The Morgan fingerprint density at radius 3 is 2.78 bits per heavy atom. The van der Waals surface area contributed by atoms with E-state index >= 15 is 0 Å². The molecule has 1 heterocycles. The minimum atomic E-state index is -0.816. The van der Waals surface area contributed by atoms with Gasteiger partial charge in [-0.3, -0.25) is 9.59 Å². The number of benzene rings is 1. The molecule has 0 saturated heterocycles. The quantitative estimate of drug-likeness (QED) is 0.896. The fourth-order valence-corrected chi connectivity index (χ4v) is 3.00. The molecule has 2 aromatic rings. The van der Waals surface area contributed by atoms with Crippen LogP contribution in [0.2, 0.25) is 5.02 Å². The maximum atomic E-state index is 12.2. The van der Waals surface area contributed by atoms with Gasteiger partial charge in [0.2, 0.25) is 0 Å². The number of carboxylic acid groups (broad SMARTS) is 1. The van der Waals surface area contributed by atoms with Crippen molar-refractivity contribution in [1.82, 2.24) is 10.5 Å². The third-order valence-electron chi connectivity index (χ3n) is 4.00. The Bertz CT molecular complexity index is 743. The van der Waals surface area contributed by atoms with Gasteiger partial charge in [0.1, 0.15) is 0 Å². The van der Waals surface area contributed by atoms with Crippen LogP contribution in [0.25, 0.3) is 11.3 Å². The van der Waals surface area contributed by atoms with Crippen molar-refractivity contribution in [2.75, 3.05) is 0 Å². The minimum absolute atomic E-state index is 0.149. The number of carbonyl (C=O) groups is 2. The van der Waals surface area contributed by atoms with Gasteiger partial charge in [-0.05, 0) is 31.4 Å². The van der Waals surface area contributed by atoms with Gasteiger partial charge >= 0.3 is 5.97 Å². The van der Waals surface area contributed by atoms with Crippen LogP contribution in [0.3, 0.4) is 0 Å². The average molecular weight is 335 g/mol. The number of hydrogen-bond donors (Lipinski definition) is 2. The molecule has 2 N–H and O–H groups in total. The van der Waals surface area contributed by atoms with Gasteiger partial charge in [-0.15, -0.1) is 0 Å². The van der Waals surface area contributed by atoms with Crippen molar-refractivity contribution in [3.8, 4) is 11.3 Å². The SMILES string of the molecule is O=C(N[C@H]1CC[C@@H](C(=O)O)C1)c1cc(-c2ccccc2Cl)on1. The summed E-state index contributed by atoms with van der Waals surface area (Å²) in [6.07, 6.45) is 1.66. The van der Waals surface area contributed by atoms with Crippen molar-refractivity contribution in [2.45, 2.75) is 25.3 Å². The molecule has 2 atom stereocenters. The summed E-state index contributed by atoms with van der Waals surface area (Å²) in [4.78, 5) is 23.1. The van der Waals surface area contributed by atoms with Gasteiger partial charge < -0.3 is 14.9 Å². The van der Waals surface area contributed by atoms with Crippen LogP contribution in [0.4, 0.5) is 0 Å². The van der Waals surface area contributed by atoms with Gasteiger partial charge in [-0.1, -0.05) is 28.9 Å². The summed E-state index contributed by atoms with van der Waals surface area (Å²) in [6.45, 7) is 0. The van der Waals surface area contributed by atoms with Gasteiger partial charge in [-0.2, -0.15) is 0 Å². The molecule has 1 aromatic heterocycles. The third-order valence-corrected chi connectivity index (χ3v) is 4.33. The first-order chi connectivity index (χ1) is 11.0. The van der Waals surface area contributed by atoms with E-state index in [-0.39, 0.29) is 17.6 Å². The Hall–Kier alpha value is -2.34. The topological polar surface area (TPSA) is 92.4 Å². The maximum Gasteiger partial charge on any atom is 0.306 e. The van der Waals surface area contributed by atoms with E-state index < -0.39 is 11.9 Å². The number of halogens is 1. The summed E-state index contributed by atoms with van der Waals surface area (Å²) in [5.41, 5.74) is 0.811. The predicted octanol–water partition coefficient (Wildman–Crippen LogP) is 2.98. The van der Waals surface area contributed by atoms with Crippen LogP contribution in [-0.4, -0.2) is 28.2 Å². The number of nitrogens with one attached hydrogen (secondary N) is 1. The highest BCUT2D eigenvalue weighted by Gasteiger charge is 2.31. The van der Waals surface area contributed by atoms with Gasteiger partial charge in [0, 0.05) is 17.7 Å². The first-order valence-corrected chi connectivity index (χ1v) is 7.67. The molecular formula is C16H15ClN2O4. The summed E-state index contributed by atoms with van der Waals surface area (Å²) in [7, 11) is 0. The van der Waals surface area contributed by atoms with E-state index in [9.17, 15) is 9.59 Å². The van der Waals surface area contributed by atoms with Crippen molar-refractivity contribution in [2.24, 2.45) is 5.92 Å². The van der Waals surface area contributed by atoms with Crippen molar-refractivity contribution in [3.63, 3.8) is 0 Å². The van der Waals surface area contributed by atoms with Gasteiger partial charge in [0.05, 0.1) is 10.9 Å². The van der Waals surface area contributed by atoms with E-state index in [1.165, 1.54) is 6.07 Å². The number of rotatable bonds is 4. The molecule has 120 valence electrons. The van der Waals surface area contributed by atoms with E-state index in [1.54, 1.807) is 18.2 Å². The molecule has 23 heavy (non-hydrogen) atoms. The lowest BCUT2D eigenvalue weighted by Gasteiger charge is -2.10. The first kappa shape index (κ1) is 15.6. The molecule has 1 aromatic carbocycles. The average Bonchev–Trinajstić information content (AvgIpc) is 3.16. The number of carboxylic acids is 1. The zero-order valence-corrected chi connectivity index (χ0v) is 12.9. The van der Waals surface area contributed by atoms with Crippen LogP contribution in [0.15, 0.2) is 34.9 Å². The molecule has 1 saturated carbocycles. The predicted molar refractivity (Wildman–Crippen MR) is 83.2 cm³/mol. The lowest BCUT2D eigenvalue weighted by molar-refractivity contribution is -0.141. The summed E-state index contributed by atoms with van der Waals surface area (Å²) >= 11 is 6.09. The number of amides is 1. The summed E-state index contributed by atoms with van der Waals surface area (Å²) in [5, 5.41) is 16.1. The Balaban J connectivity index is 1.68. The van der Waals surface area contributed by atoms with Crippen LogP contribution < -0.4 is 5.32 Å². The second-order valence-corrected chi connectivity index (χ2v) is 5.98. The normalized spacial score (nSPS) is 20.4. The Labute approximate surface area is 137 Å². The summed E-state index contributed by atoms with van der Waals surface area (Å²) in [5.74, 6) is -1.17. The van der Waals surface area contributed by atoms with Crippen molar-refractivity contribution < 1.29 is 19.2 Å². The molecule has 1 fully saturated rings. The second-order valence-electron chi connectivity index (χ2n) is 5.57. The van der Waals surface area contributed by atoms with Crippen molar-refractivity contribution in [3.05, 3.63) is 41.0 Å². The minimum Gasteiger partial charge on any atom is -0.481 e. The molecule has 0 radical (unpaired) electrons. The highest BCUT2D eigenvalue weighted by molar-refractivity contribution is 6.33. The second kappa shape index (κ2) is 6.42. The smallest absolute Gasteiger partial charge is 0.306 e. The standard InChI is InChI=1S/C16H15ClN2O4/c17-12-4-2-1-3-11(12)14-8-13(19-23-14)15(20)18-10-6-5-9(7-10)16(21)22/h1-4,8-10H,5-7H2,(H,18,20)(H,21,22)/t9-,10+/m1/s1. The number of aliphatic carboxylic acids is 1. The van der Waals surface area contributed by atoms with Gasteiger partial charge in [-0.25, -0.2) is 0 Å². The fraction of sp³-hybridized carbons (Fsp3) is 0.312. The number of hydrogen-bond acceptors (Lipinski definition) is 4. The zero-order chi connectivity index (χ0) is 16.4. The molecule has 7 heteroatoms. The Morgan fingerprint density at radius 1 is 1.30 bits per heavy atom. The van der Waals surface area contributed by atoms with E-state index in [0.717, 1.165) is 0 Å². The van der Waals surface area contributed by atoms with Crippen molar-refractivity contribution >= 4 is 23.5 Å². The number of nitrogens with zero attached hydrogens (tertiary/aromatic N) is 1. The first-order valence-electron chi connectivity index (χ1n) is 7.30. The highest BCUT2D eigenvalue weighted by atomic mass is 35.5. The lowest BCUT2D eigenvalue weighted by Crippen LogP contribution is -2.33. The largest absolute Gasteiger partial charge is 0.481 e. The monoisotopic (exact) mass is 334 g/mol. The van der Waals surface area contributed by atoms with Crippen LogP contribution in [0.1, 0.15) is 29.8 Å². The Morgan fingerprint density at radius 2 is 2.09 bits per heavy atom. The molecule has 6 nitrogen and oxygen atoms in total. The van der Waals surface area contributed by atoms with E-state index in [4.69, 9.17) is 21.2 Å². The van der Waals surface area contributed by atoms with Gasteiger partial charge in [0.25, 0.3) is 5.91 Å². The van der Waals surface area contributed by atoms with Crippen LogP contribution >= 0.6 is 11.6 Å². The molecule has 0 spiro atoms. The van der Waals surface area contributed by atoms with Gasteiger partial charge in [0.15, 0.2) is 11.5 Å². The zero-order valence-electron chi connectivity index (χ0n) is 12.2. The highest BCUT2D eigenvalue weighted by Crippen LogP contribution is 2.29. The lowest BCUT2D eigenvalue weighted by atomic mass is 10.1. The van der Waals surface area contributed by atoms with E-state index in [0.29, 0.717) is 35.6 Å². The number of carbonyl (C=O) groups excluding carboxylic acids is 1. The maximum absolute atomic E-state index is 12.2. The molecule has 0 aliphatic heterocycles.